The smallest absolute Gasteiger partial charge is 0.339 e. The Balaban J connectivity index is 1.92. The fourth-order valence-electron chi connectivity index (χ4n) is 1.70. The predicted octanol–water partition coefficient (Wildman–Crippen LogP) is 2.10. The number of hydrogen-bond acceptors (Lipinski definition) is 4. The minimum atomic E-state index is -0.473. The van der Waals surface area contributed by atoms with Gasteiger partial charge in [-0.25, -0.2) is 4.79 Å². The van der Waals surface area contributed by atoms with Gasteiger partial charge in [0.1, 0.15) is 5.75 Å². The van der Waals surface area contributed by atoms with Crippen LogP contribution in [0.15, 0.2) is 59.8 Å². The van der Waals surface area contributed by atoms with Crippen molar-refractivity contribution in [3.8, 4) is 5.75 Å². The zero-order valence-corrected chi connectivity index (χ0v) is 11.7. The number of carbonyl (C=O) groups excluding carboxylic acids is 1. The van der Waals surface area contributed by atoms with Gasteiger partial charge in [-0.2, -0.15) is 0 Å². The molecule has 0 aliphatic heterocycles. The van der Waals surface area contributed by atoms with E-state index in [4.69, 9.17) is 15.3 Å². The Kier molecular flexibility index (Phi) is 4.93. The van der Waals surface area contributed by atoms with Crippen molar-refractivity contribution in [2.24, 2.45) is 10.9 Å². The van der Waals surface area contributed by atoms with Crippen molar-refractivity contribution in [3.63, 3.8) is 0 Å². The molecule has 2 N–H and O–H groups in total. The van der Waals surface area contributed by atoms with E-state index >= 15 is 0 Å². The van der Waals surface area contributed by atoms with Crippen LogP contribution in [-0.4, -0.2) is 18.9 Å². The van der Waals surface area contributed by atoms with E-state index in [2.05, 4.69) is 5.16 Å². The van der Waals surface area contributed by atoms with Crippen LogP contribution in [0, 0.1) is 0 Å². The van der Waals surface area contributed by atoms with E-state index in [1.54, 1.807) is 43.5 Å². The first kappa shape index (κ1) is 14.6. The molecule has 0 saturated heterocycles. The molecule has 5 heteroatoms. The van der Waals surface area contributed by atoms with Crippen LogP contribution >= 0.6 is 0 Å². The molecule has 0 unspecified atom stereocenters. The minimum Gasteiger partial charge on any atom is -0.497 e. The average molecular weight is 284 g/mol. The van der Waals surface area contributed by atoms with Crippen molar-refractivity contribution in [3.05, 3.63) is 65.7 Å². The number of ether oxygens (including phenoxy) is 1. The Labute approximate surface area is 123 Å². The standard InChI is InChI=1S/C16H16N2O3/c1-20-14-9-7-12(8-10-14)11-15(19)21-18-16(17)13-5-3-2-4-6-13/h2-10H,11H2,1H3,(H2,17,18). The highest BCUT2D eigenvalue weighted by atomic mass is 16.7. The molecule has 0 saturated carbocycles. The molecule has 0 heterocycles. The molecule has 5 nitrogen and oxygen atoms in total. The van der Waals surface area contributed by atoms with Crippen LogP contribution in [-0.2, 0) is 16.1 Å². The first-order chi connectivity index (χ1) is 10.2. The quantitative estimate of drug-likeness (QED) is 0.395. The Morgan fingerprint density at radius 1 is 1.10 bits per heavy atom. The maximum absolute atomic E-state index is 11.7. The van der Waals surface area contributed by atoms with Gasteiger partial charge in [0.05, 0.1) is 13.5 Å². The lowest BCUT2D eigenvalue weighted by Gasteiger charge is -2.03. The lowest BCUT2D eigenvalue weighted by atomic mass is 10.1. The maximum atomic E-state index is 11.7. The van der Waals surface area contributed by atoms with Crippen molar-refractivity contribution >= 4 is 11.8 Å². The molecular formula is C16H16N2O3. The summed E-state index contributed by atoms with van der Waals surface area (Å²) in [7, 11) is 1.59. The number of benzene rings is 2. The molecule has 21 heavy (non-hydrogen) atoms. The van der Waals surface area contributed by atoms with Crippen LogP contribution < -0.4 is 10.5 Å². The van der Waals surface area contributed by atoms with E-state index in [0.717, 1.165) is 11.3 Å². The van der Waals surface area contributed by atoms with Gasteiger partial charge < -0.3 is 15.3 Å². The van der Waals surface area contributed by atoms with Gasteiger partial charge in [0.15, 0.2) is 5.84 Å². The largest absolute Gasteiger partial charge is 0.497 e. The third kappa shape index (κ3) is 4.35. The maximum Gasteiger partial charge on any atom is 0.339 e. The zero-order valence-electron chi connectivity index (χ0n) is 11.7. The fourth-order valence-corrected chi connectivity index (χ4v) is 1.70. The van der Waals surface area contributed by atoms with Crippen molar-refractivity contribution < 1.29 is 14.4 Å². The molecule has 0 spiro atoms. The third-order valence-electron chi connectivity index (χ3n) is 2.82. The van der Waals surface area contributed by atoms with E-state index in [1.807, 2.05) is 18.2 Å². The second-order valence-electron chi connectivity index (χ2n) is 4.33. The van der Waals surface area contributed by atoms with Gasteiger partial charge in [-0.3, -0.25) is 0 Å². The molecule has 0 aliphatic rings. The topological polar surface area (TPSA) is 73.9 Å². The predicted molar refractivity (Wildman–Crippen MR) is 80.0 cm³/mol. The third-order valence-corrected chi connectivity index (χ3v) is 2.82. The van der Waals surface area contributed by atoms with Crippen molar-refractivity contribution in [1.82, 2.24) is 0 Å². The van der Waals surface area contributed by atoms with E-state index in [-0.39, 0.29) is 12.3 Å². The van der Waals surface area contributed by atoms with Gasteiger partial charge in [0.25, 0.3) is 0 Å². The van der Waals surface area contributed by atoms with Gasteiger partial charge >= 0.3 is 5.97 Å². The summed E-state index contributed by atoms with van der Waals surface area (Å²) in [4.78, 5) is 16.5. The van der Waals surface area contributed by atoms with Crippen LogP contribution in [0.4, 0.5) is 0 Å². The number of amidine groups is 1. The first-order valence-corrected chi connectivity index (χ1v) is 6.40. The molecule has 0 bridgehead atoms. The minimum absolute atomic E-state index is 0.121. The first-order valence-electron chi connectivity index (χ1n) is 6.40. The molecule has 0 atom stereocenters. The number of oxime groups is 1. The highest BCUT2D eigenvalue weighted by Gasteiger charge is 2.06. The summed E-state index contributed by atoms with van der Waals surface area (Å²) in [6.45, 7) is 0. The number of nitrogens with zero attached hydrogens (tertiary/aromatic N) is 1. The molecule has 0 fully saturated rings. The summed E-state index contributed by atoms with van der Waals surface area (Å²) < 4.78 is 5.05. The van der Waals surface area contributed by atoms with Gasteiger partial charge in [0.2, 0.25) is 0 Å². The molecule has 108 valence electrons. The number of hydrogen-bond donors (Lipinski definition) is 1. The van der Waals surface area contributed by atoms with Crippen molar-refractivity contribution in [1.29, 1.82) is 0 Å². The van der Waals surface area contributed by atoms with E-state index in [0.29, 0.717) is 5.56 Å². The van der Waals surface area contributed by atoms with E-state index in [9.17, 15) is 4.79 Å². The van der Waals surface area contributed by atoms with Crippen LogP contribution in [0.1, 0.15) is 11.1 Å². The van der Waals surface area contributed by atoms with Gasteiger partial charge in [-0.15, -0.1) is 0 Å². The van der Waals surface area contributed by atoms with Gasteiger partial charge in [-0.1, -0.05) is 47.6 Å². The lowest BCUT2D eigenvalue weighted by Crippen LogP contribution is -2.15. The number of methoxy groups -OCH3 is 1. The second-order valence-corrected chi connectivity index (χ2v) is 4.33. The lowest BCUT2D eigenvalue weighted by molar-refractivity contribution is -0.142. The number of nitrogens with two attached hydrogens (primary N) is 1. The van der Waals surface area contributed by atoms with Crippen molar-refractivity contribution in [2.45, 2.75) is 6.42 Å². The normalized spacial score (nSPS) is 11.0. The molecule has 0 radical (unpaired) electrons. The fraction of sp³-hybridized carbons (Fsp3) is 0.125. The van der Waals surface area contributed by atoms with Crippen LogP contribution in [0.3, 0.4) is 0 Å². The van der Waals surface area contributed by atoms with Crippen LogP contribution in [0.5, 0.6) is 5.75 Å². The highest BCUT2D eigenvalue weighted by Crippen LogP contribution is 2.12. The average Bonchev–Trinajstić information content (AvgIpc) is 2.54. The van der Waals surface area contributed by atoms with E-state index < -0.39 is 5.97 Å². The Hall–Kier alpha value is -2.82. The summed E-state index contributed by atoms with van der Waals surface area (Å²) in [5.74, 6) is 0.427. The molecule has 0 aromatic heterocycles. The van der Waals surface area contributed by atoms with Crippen LogP contribution in [0.2, 0.25) is 0 Å². The Bertz CT molecular complexity index is 622. The van der Waals surface area contributed by atoms with Gasteiger partial charge in [0, 0.05) is 5.56 Å². The summed E-state index contributed by atoms with van der Waals surface area (Å²) in [6.07, 6.45) is 0.121. The summed E-state index contributed by atoms with van der Waals surface area (Å²) in [6, 6.07) is 16.3. The number of rotatable bonds is 5. The Morgan fingerprint density at radius 2 is 1.76 bits per heavy atom. The number of carbonyl (C=O) groups is 1. The molecule has 0 aliphatic carbocycles. The summed E-state index contributed by atoms with van der Waals surface area (Å²) >= 11 is 0. The molecule has 2 aromatic carbocycles. The summed E-state index contributed by atoms with van der Waals surface area (Å²) in [5, 5.41) is 3.64. The second kappa shape index (κ2) is 7.09. The monoisotopic (exact) mass is 284 g/mol. The molecule has 0 amide bonds. The van der Waals surface area contributed by atoms with E-state index in [1.165, 1.54) is 0 Å². The molecule has 2 rings (SSSR count). The van der Waals surface area contributed by atoms with Crippen molar-refractivity contribution in [2.75, 3.05) is 7.11 Å². The zero-order chi connectivity index (χ0) is 15.1. The van der Waals surface area contributed by atoms with Gasteiger partial charge in [-0.05, 0) is 17.7 Å². The molecular weight excluding hydrogens is 268 g/mol. The summed E-state index contributed by atoms with van der Waals surface area (Å²) in [5.41, 5.74) is 7.25. The molecule has 2 aromatic rings. The van der Waals surface area contributed by atoms with Crippen LogP contribution in [0.25, 0.3) is 0 Å². The SMILES string of the molecule is COc1ccc(CC(=O)O/N=C(/N)c2ccccc2)cc1. The Morgan fingerprint density at radius 3 is 2.38 bits per heavy atom. The highest BCUT2D eigenvalue weighted by molar-refractivity contribution is 5.97.